The summed E-state index contributed by atoms with van der Waals surface area (Å²) in [5.41, 5.74) is 14.8. The molecule has 0 unspecified atom stereocenters. The van der Waals surface area contributed by atoms with Crippen molar-refractivity contribution in [2.45, 2.75) is 41.0 Å². The average Bonchev–Trinajstić information content (AvgIpc) is 3.25. The third kappa shape index (κ3) is 2.29. The number of fused-ring (bicyclic) bond motifs is 4. The molecule has 1 aromatic heterocycles. The first kappa shape index (κ1) is 16.3. The van der Waals surface area contributed by atoms with E-state index in [2.05, 4.69) is 71.0 Å². The Kier molecular flexibility index (Phi) is 3.36. The number of hydrogen-bond acceptors (Lipinski definition) is 2. The minimum Gasteiger partial charge on any atom is -0.436 e. The van der Waals surface area contributed by atoms with E-state index in [0.717, 1.165) is 29.0 Å². The maximum absolute atomic E-state index is 6.25. The van der Waals surface area contributed by atoms with Crippen molar-refractivity contribution in [3.8, 4) is 22.6 Å². The van der Waals surface area contributed by atoms with Gasteiger partial charge in [0, 0.05) is 5.56 Å². The van der Waals surface area contributed by atoms with Crippen molar-refractivity contribution in [3.63, 3.8) is 0 Å². The molecule has 0 atom stereocenters. The summed E-state index contributed by atoms with van der Waals surface area (Å²) in [6.07, 6.45) is 0.983. The number of nitrogens with zero attached hydrogens (tertiary/aromatic N) is 1. The van der Waals surface area contributed by atoms with E-state index in [1.807, 2.05) is 0 Å². The van der Waals surface area contributed by atoms with E-state index in [0.29, 0.717) is 0 Å². The van der Waals surface area contributed by atoms with Crippen LogP contribution < -0.4 is 0 Å². The molecule has 0 N–H and O–H groups in total. The summed E-state index contributed by atoms with van der Waals surface area (Å²) in [4.78, 5) is 4.87. The van der Waals surface area contributed by atoms with Crippen LogP contribution in [0.1, 0.15) is 38.9 Å². The summed E-state index contributed by atoms with van der Waals surface area (Å²) in [5, 5.41) is 0. The van der Waals surface area contributed by atoms with Crippen LogP contribution in [0.15, 0.2) is 40.8 Å². The van der Waals surface area contributed by atoms with E-state index >= 15 is 0 Å². The second-order valence-corrected chi connectivity index (χ2v) is 7.91. The molecule has 2 nitrogen and oxygen atoms in total. The van der Waals surface area contributed by atoms with Gasteiger partial charge in [0.15, 0.2) is 5.58 Å². The maximum atomic E-state index is 6.25. The van der Waals surface area contributed by atoms with Gasteiger partial charge >= 0.3 is 0 Å². The van der Waals surface area contributed by atoms with Crippen LogP contribution in [0.2, 0.25) is 0 Å². The van der Waals surface area contributed by atoms with Crippen molar-refractivity contribution in [1.82, 2.24) is 4.98 Å². The molecule has 27 heavy (non-hydrogen) atoms. The number of aryl methyl sites for hydroxylation is 3. The summed E-state index contributed by atoms with van der Waals surface area (Å²) in [6.45, 7) is 10.7. The molecule has 0 saturated heterocycles. The highest BCUT2D eigenvalue weighted by molar-refractivity contribution is 5.86. The van der Waals surface area contributed by atoms with Crippen LogP contribution >= 0.6 is 0 Å². The van der Waals surface area contributed by atoms with Crippen molar-refractivity contribution in [3.05, 3.63) is 75.3 Å². The molecule has 0 aliphatic heterocycles. The van der Waals surface area contributed by atoms with Gasteiger partial charge in [-0.2, -0.15) is 0 Å². The third-order valence-electron chi connectivity index (χ3n) is 6.29. The van der Waals surface area contributed by atoms with Crippen molar-refractivity contribution in [1.29, 1.82) is 0 Å². The molecule has 1 heterocycles. The first-order valence-electron chi connectivity index (χ1n) is 9.54. The van der Waals surface area contributed by atoms with E-state index in [1.54, 1.807) is 0 Å². The van der Waals surface area contributed by atoms with Gasteiger partial charge in [0.1, 0.15) is 5.52 Å². The number of oxazole rings is 1. The Morgan fingerprint density at radius 2 is 1.41 bits per heavy atom. The lowest BCUT2D eigenvalue weighted by molar-refractivity contribution is 0.617. The van der Waals surface area contributed by atoms with E-state index in [-0.39, 0.29) is 0 Å². The number of rotatable bonds is 1. The first-order chi connectivity index (χ1) is 12.9. The van der Waals surface area contributed by atoms with Gasteiger partial charge < -0.3 is 4.42 Å². The quantitative estimate of drug-likeness (QED) is 0.339. The largest absolute Gasteiger partial charge is 0.436 e. The Bertz CT molecular complexity index is 1200. The van der Waals surface area contributed by atoms with E-state index in [1.165, 1.54) is 50.1 Å². The minimum atomic E-state index is 0.719. The van der Waals surface area contributed by atoms with Gasteiger partial charge in [0.25, 0.3) is 0 Å². The molecule has 2 heteroatoms. The molecule has 0 saturated carbocycles. The zero-order valence-corrected chi connectivity index (χ0v) is 16.5. The van der Waals surface area contributed by atoms with Crippen LogP contribution in [-0.2, 0) is 6.42 Å². The highest BCUT2D eigenvalue weighted by Crippen LogP contribution is 2.40. The number of benzene rings is 3. The molecule has 5 rings (SSSR count). The van der Waals surface area contributed by atoms with Gasteiger partial charge in [-0.3, -0.25) is 0 Å². The first-order valence-corrected chi connectivity index (χ1v) is 9.54. The highest BCUT2D eigenvalue weighted by Gasteiger charge is 2.21. The SMILES string of the molecule is Cc1ccc2c(c1)Cc1cc(-c3nc4c(C)c(C)c(C)c(C)c4o3)ccc1-2. The van der Waals surface area contributed by atoms with E-state index in [9.17, 15) is 0 Å². The fraction of sp³-hybridized carbons (Fsp3) is 0.240. The van der Waals surface area contributed by atoms with Crippen molar-refractivity contribution in [2.75, 3.05) is 0 Å². The van der Waals surface area contributed by atoms with Crippen LogP contribution in [0.5, 0.6) is 0 Å². The summed E-state index contributed by atoms with van der Waals surface area (Å²) in [5.74, 6) is 0.719. The predicted octanol–water partition coefficient (Wildman–Crippen LogP) is 6.61. The summed E-state index contributed by atoms with van der Waals surface area (Å²) in [6, 6.07) is 13.3. The summed E-state index contributed by atoms with van der Waals surface area (Å²) < 4.78 is 6.25. The zero-order chi connectivity index (χ0) is 18.9. The van der Waals surface area contributed by atoms with Gasteiger partial charge in [-0.05, 0) is 97.7 Å². The van der Waals surface area contributed by atoms with Crippen LogP contribution in [0.25, 0.3) is 33.7 Å². The lowest BCUT2D eigenvalue weighted by Crippen LogP contribution is -1.92. The Balaban J connectivity index is 1.65. The molecule has 4 aromatic rings. The summed E-state index contributed by atoms with van der Waals surface area (Å²) in [7, 11) is 0. The monoisotopic (exact) mass is 353 g/mol. The number of hydrogen-bond donors (Lipinski definition) is 0. The van der Waals surface area contributed by atoms with Gasteiger partial charge in [0.05, 0.1) is 0 Å². The normalized spacial score (nSPS) is 12.5. The second kappa shape index (κ2) is 5.56. The molecule has 1 aliphatic carbocycles. The average molecular weight is 353 g/mol. The molecule has 0 bridgehead atoms. The lowest BCUT2D eigenvalue weighted by Gasteiger charge is -2.08. The van der Waals surface area contributed by atoms with Gasteiger partial charge in [-0.25, -0.2) is 4.98 Å². The van der Waals surface area contributed by atoms with E-state index in [4.69, 9.17) is 9.40 Å². The molecular weight excluding hydrogens is 330 g/mol. The van der Waals surface area contributed by atoms with Gasteiger partial charge in [0.2, 0.25) is 5.89 Å². The van der Waals surface area contributed by atoms with Crippen LogP contribution in [0.4, 0.5) is 0 Å². The molecule has 0 spiro atoms. The van der Waals surface area contributed by atoms with Crippen molar-refractivity contribution < 1.29 is 4.42 Å². The Hall–Kier alpha value is -2.87. The fourth-order valence-corrected chi connectivity index (χ4v) is 4.33. The Morgan fingerprint density at radius 3 is 2.19 bits per heavy atom. The second-order valence-electron chi connectivity index (χ2n) is 7.91. The predicted molar refractivity (Wildman–Crippen MR) is 111 cm³/mol. The lowest BCUT2D eigenvalue weighted by atomic mass is 9.98. The van der Waals surface area contributed by atoms with Crippen LogP contribution in [-0.4, -0.2) is 4.98 Å². The summed E-state index contributed by atoms with van der Waals surface area (Å²) >= 11 is 0. The van der Waals surface area contributed by atoms with Crippen LogP contribution in [0.3, 0.4) is 0 Å². The molecule has 0 fully saturated rings. The minimum absolute atomic E-state index is 0.719. The Morgan fingerprint density at radius 1 is 0.741 bits per heavy atom. The van der Waals surface area contributed by atoms with E-state index < -0.39 is 0 Å². The molecule has 3 aromatic carbocycles. The maximum Gasteiger partial charge on any atom is 0.227 e. The van der Waals surface area contributed by atoms with Gasteiger partial charge in [-0.15, -0.1) is 0 Å². The van der Waals surface area contributed by atoms with Crippen molar-refractivity contribution in [2.24, 2.45) is 0 Å². The molecule has 1 aliphatic rings. The smallest absolute Gasteiger partial charge is 0.227 e. The number of aromatic nitrogens is 1. The molecule has 0 radical (unpaired) electrons. The molecule has 0 amide bonds. The van der Waals surface area contributed by atoms with Crippen LogP contribution in [0, 0.1) is 34.6 Å². The fourth-order valence-electron chi connectivity index (χ4n) is 4.33. The third-order valence-corrected chi connectivity index (χ3v) is 6.29. The molecular formula is C25H23NO. The Labute approximate surface area is 159 Å². The zero-order valence-electron chi connectivity index (χ0n) is 16.5. The highest BCUT2D eigenvalue weighted by atomic mass is 16.3. The van der Waals surface area contributed by atoms with Gasteiger partial charge in [-0.1, -0.05) is 29.8 Å². The molecule has 134 valence electrons. The topological polar surface area (TPSA) is 26.0 Å². The van der Waals surface area contributed by atoms with Crippen molar-refractivity contribution >= 4 is 11.1 Å². The standard InChI is InChI=1S/C25H23NO/c1-13-6-8-21-19(10-13)12-20-11-18(7-9-22(20)21)25-26-23-16(4)14(2)15(3)17(5)24(23)27-25/h6-11H,12H2,1-5H3.